The molecular formula is C28H20BrClN2O4. The lowest BCUT2D eigenvalue weighted by molar-refractivity contribution is -0.122. The molecule has 0 spiro atoms. The highest BCUT2D eigenvalue weighted by Crippen LogP contribution is 2.50. The summed E-state index contributed by atoms with van der Waals surface area (Å²) < 4.78 is 5.95. The minimum absolute atomic E-state index is 0.233. The van der Waals surface area contributed by atoms with Gasteiger partial charge in [-0.1, -0.05) is 54.1 Å². The minimum atomic E-state index is -0.865. The second kappa shape index (κ2) is 8.61. The summed E-state index contributed by atoms with van der Waals surface area (Å²) in [7, 11) is 1.55. The molecule has 0 radical (unpaired) electrons. The van der Waals surface area contributed by atoms with Gasteiger partial charge in [0.25, 0.3) is 0 Å². The molecule has 8 heteroatoms. The van der Waals surface area contributed by atoms with E-state index in [2.05, 4.69) is 15.9 Å². The fourth-order valence-electron chi connectivity index (χ4n) is 5.67. The SMILES string of the molecule is COc1ccc(C(=O)C2C3C(=O)N(c4ccccc4Cl)C(=O)C3C3C=Cc4ccccc4N32)cc1Br. The Morgan fingerprint density at radius 2 is 1.64 bits per heavy atom. The van der Waals surface area contributed by atoms with Gasteiger partial charge in [0.1, 0.15) is 11.8 Å². The van der Waals surface area contributed by atoms with Crippen molar-refractivity contribution >= 4 is 62.6 Å². The number of hydrogen-bond acceptors (Lipinski definition) is 5. The number of para-hydroxylation sites is 2. The summed E-state index contributed by atoms with van der Waals surface area (Å²) in [5.74, 6) is -1.97. The van der Waals surface area contributed by atoms with Crippen molar-refractivity contribution in [2.75, 3.05) is 16.9 Å². The van der Waals surface area contributed by atoms with Crippen molar-refractivity contribution in [1.82, 2.24) is 0 Å². The molecule has 36 heavy (non-hydrogen) atoms. The highest BCUT2D eigenvalue weighted by Gasteiger charge is 2.64. The Kier molecular flexibility index (Phi) is 5.50. The van der Waals surface area contributed by atoms with Gasteiger partial charge in [-0.2, -0.15) is 0 Å². The number of imide groups is 1. The van der Waals surface area contributed by atoms with E-state index in [9.17, 15) is 14.4 Å². The molecular weight excluding hydrogens is 544 g/mol. The third kappa shape index (κ3) is 3.26. The Bertz CT molecular complexity index is 1470. The van der Waals surface area contributed by atoms with Crippen LogP contribution in [0.25, 0.3) is 6.08 Å². The predicted octanol–water partition coefficient (Wildman–Crippen LogP) is 5.38. The Labute approximate surface area is 221 Å². The maximum absolute atomic E-state index is 14.1. The van der Waals surface area contributed by atoms with E-state index in [1.54, 1.807) is 49.6 Å². The van der Waals surface area contributed by atoms with Crippen LogP contribution < -0.4 is 14.5 Å². The van der Waals surface area contributed by atoms with E-state index in [0.717, 1.165) is 16.2 Å². The standard InChI is InChI=1S/C28H20BrClN2O4/c1-36-22-13-11-16(14-17(22)29)26(33)25-24-23(21-12-10-15-6-2-4-8-19(15)31(21)25)27(34)32(28(24)35)20-9-5-3-7-18(20)30/h2-14,21,23-25H,1H3. The van der Waals surface area contributed by atoms with Crippen LogP contribution in [0, 0.1) is 11.8 Å². The number of amides is 2. The number of halogens is 2. The average Bonchev–Trinajstić information content (AvgIpc) is 3.36. The van der Waals surface area contributed by atoms with Crippen molar-refractivity contribution in [3.63, 3.8) is 0 Å². The maximum Gasteiger partial charge on any atom is 0.240 e. The number of carbonyl (C=O) groups excluding carboxylic acids is 3. The number of nitrogens with zero attached hydrogens (tertiary/aromatic N) is 2. The third-order valence-electron chi connectivity index (χ3n) is 7.21. The van der Waals surface area contributed by atoms with Gasteiger partial charge in [0.15, 0.2) is 5.78 Å². The fourth-order valence-corrected chi connectivity index (χ4v) is 6.44. The molecule has 6 nitrogen and oxygen atoms in total. The molecule has 0 aromatic heterocycles. The summed E-state index contributed by atoms with van der Waals surface area (Å²) in [5, 5.41) is 0.308. The highest BCUT2D eigenvalue weighted by atomic mass is 79.9. The quantitative estimate of drug-likeness (QED) is 0.315. The first-order chi connectivity index (χ1) is 17.4. The van der Waals surface area contributed by atoms with E-state index in [4.69, 9.17) is 16.3 Å². The second-order valence-electron chi connectivity index (χ2n) is 8.99. The van der Waals surface area contributed by atoms with Crippen LogP contribution in [0.5, 0.6) is 5.75 Å². The first-order valence-corrected chi connectivity index (χ1v) is 12.6. The molecule has 3 aliphatic rings. The molecule has 0 N–H and O–H groups in total. The van der Waals surface area contributed by atoms with Gasteiger partial charge in [-0.3, -0.25) is 14.4 Å². The minimum Gasteiger partial charge on any atom is -0.496 e. The number of rotatable bonds is 4. The summed E-state index contributed by atoms with van der Waals surface area (Å²) in [5.41, 5.74) is 2.53. The van der Waals surface area contributed by atoms with Crippen molar-refractivity contribution < 1.29 is 19.1 Å². The van der Waals surface area contributed by atoms with E-state index < -0.39 is 29.8 Å². The van der Waals surface area contributed by atoms with E-state index in [1.165, 1.54) is 0 Å². The van der Waals surface area contributed by atoms with Crippen LogP contribution in [-0.2, 0) is 9.59 Å². The lowest BCUT2D eigenvalue weighted by Crippen LogP contribution is -2.48. The van der Waals surface area contributed by atoms with Crippen LogP contribution in [0.4, 0.5) is 11.4 Å². The van der Waals surface area contributed by atoms with Crippen LogP contribution in [0.1, 0.15) is 15.9 Å². The van der Waals surface area contributed by atoms with Crippen molar-refractivity contribution in [3.05, 3.63) is 93.4 Å². The molecule has 3 heterocycles. The van der Waals surface area contributed by atoms with Gasteiger partial charge in [-0.05, 0) is 57.9 Å². The molecule has 2 fully saturated rings. The van der Waals surface area contributed by atoms with Gasteiger partial charge in [-0.25, -0.2) is 4.90 Å². The number of methoxy groups -OCH3 is 1. The van der Waals surface area contributed by atoms with Gasteiger partial charge >= 0.3 is 0 Å². The van der Waals surface area contributed by atoms with Crippen LogP contribution in [0.15, 0.2) is 77.3 Å². The third-order valence-corrected chi connectivity index (χ3v) is 8.15. The number of ketones is 1. The van der Waals surface area contributed by atoms with Gasteiger partial charge < -0.3 is 9.64 Å². The Hall–Kier alpha value is -3.42. The summed E-state index contributed by atoms with van der Waals surface area (Å²) in [6.07, 6.45) is 3.89. The molecule has 3 aromatic rings. The molecule has 6 rings (SSSR count). The molecule has 0 aliphatic carbocycles. The van der Waals surface area contributed by atoms with Gasteiger partial charge in [0.05, 0.1) is 40.2 Å². The number of fused-ring (bicyclic) bond motifs is 5. The molecule has 3 aliphatic heterocycles. The van der Waals surface area contributed by atoms with E-state index in [-0.39, 0.29) is 11.7 Å². The molecule has 4 unspecified atom stereocenters. The van der Waals surface area contributed by atoms with E-state index >= 15 is 0 Å². The van der Waals surface area contributed by atoms with Crippen molar-refractivity contribution in [3.8, 4) is 5.75 Å². The number of ether oxygens (including phenoxy) is 1. The monoisotopic (exact) mass is 562 g/mol. The summed E-state index contributed by atoms with van der Waals surface area (Å²) in [4.78, 5) is 45.0. The summed E-state index contributed by atoms with van der Waals surface area (Å²) >= 11 is 9.84. The van der Waals surface area contributed by atoms with Gasteiger partial charge in [0.2, 0.25) is 11.8 Å². The van der Waals surface area contributed by atoms with Gasteiger partial charge in [-0.15, -0.1) is 0 Å². The van der Waals surface area contributed by atoms with Crippen molar-refractivity contribution in [1.29, 1.82) is 0 Å². The molecule has 180 valence electrons. The molecule has 2 amide bonds. The summed E-state index contributed by atoms with van der Waals surface area (Å²) in [6, 6.07) is 18.3. The fraction of sp³-hybridized carbons (Fsp3) is 0.179. The second-order valence-corrected chi connectivity index (χ2v) is 10.3. The average molecular weight is 564 g/mol. The maximum atomic E-state index is 14.1. The Balaban J connectivity index is 1.50. The Morgan fingerprint density at radius 3 is 2.36 bits per heavy atom. The van der Waals surface area contributed by atoms with Crippen LogP contribution in [0.3, 0.4) is 0 Å². The lowest BCUT2D eigenvalue weighted by atomic mass is 9.86. The topological polar surface area (TPSA) is 66.9 Å². The molecule has 4 atom stereocenters. The molecule has 0 bridgehead atoms. The number of carbonyl (C=O) groups is 3. The zero-order valence-electron chi connectivity index (χ0n) is 19.1. The first-order valence-electron chi connectivity index (χ1n) is 11.5. The van der Waals surface area contributed by atoms with Crippen LogP contribution in [0.2, 0.25) is 5.02 Å². The van der Waals surface area contributed by atoms with Crippen molar-refractivity contribution in [2.45, 2.75) is 12.1 Å². The van der Waals surface area contributed by atoms with Crippen LogP contribution in [-0.4, -0.2) is 36.8 Å². The smallest absolute Gasteiger partial charge is 0.240 e. The molecule has 2 saturated heterocycles. The first kappa shape index (κ1) is 23.0. The highest BCUT2D eigenvalue weighted by molar-refractivity contribution is 9.10. The largest absolute Gasteiger partial charge is 0.496 e. The molecule has 3 aromatic carbocycles. The van der Waals surface area contributed by atoms with E-state index in [1.807, 2.05) is 41.3 Å². The number of Topliss-reactive ketones (excluding diaryl/α,β-unsaturated/α-hetero) is 1. The summed E-state index contributed by atoms with van der Waals surface area (Å²) in [6.45, 7) is 0. The number of benzene rings is 3. The molecule has 0 saturated carbocycles. The zero-order chi connectivity index (χ0) is 25.1. The normalized spacial score (nSPS) is 24.0. The van der Waals surface area contributed by atoms with Crippen LogP contribution >= 0.6 is 27.5 Å². The predicted molar refractivity (Wildman–Crippen MR) is 141 cm³/mol. The zero-order valence-corrected chi connectivity index (χ0v) is 21.4. The van der Waals surface area contributed by atoms with E-state index in [0.29, 0.717) is 26.5 Å². The Morgan fingerprint density at radius 1 is 0.944 bits per heavy atom. The van der Waals surface area contributed by atoms with Gasteiger partial charge in [0, 0.05) is 11.3 Å². The lowest BCUT2D eigenvalue weighted by Gasteiger charge is -2.36. The van der Waals surface area contributed by atoms with Crippen molar-refractivity contribution in [2.24, 2.45) is 11.8 Å². The number of hydrogen-bond donors (Lipinski definition) is 0. The number of anilines is 2.